The molecule has 1 amide bonds. The number of rotatable bonds is 75. The van der Waals surface area contributed by atoms with Crippen LogP contribution in [0.25, 0.3) is 0 Å². The second-order valence-corrected chi connectivity index (χ2v) is 27.4. The Morgan fingerprint density at radius 3 is 0.898 bits per heavy atom. The molecule has 2 atom stereocenters. The molecule has 0 aromatic rings. The lowest BCUT2D eigenvalue weighted by Crippen LogP contribution is -2.45. The van der Waals surface area contributed by atoms with Crippen molar-refractivity contribution in [2.45, 2.75) is 450 Å². The highest BCUT2D eigenvalue weighted by Gasteiger charge is 2.18. The van der Waals surface area contributed by atoms with Gasteiger partial charge in [-0.1, -0.05) is 383 Å². The molecule has 3 N–H and O–H groups in total. The molecule has 0 radical (unpaired) electrons. The van der Waals surface area contributed by atoms with E-state index in [0.29, 0.717) is 19.4 Å². The average Bonchev–Trinajstić information content (AvgIpc) is 3.54. The Kier molecular flexibility index (Phi) is 75.4. The zero-order chi connectivity index (χ0) is 63.5. The van der Waals surface area contributed by atoms with Gasteiger partial charge in [0.2, 0.25) is 5.91 Å². The van der Waals surface area contributed by atoms with Crippen molar-refractivity contribution in [3.05, 3.63) is 48.6 Å². The fourth-order valence-corrected chi connectivity index (χ4v) is 12.5. The first-order valence-corrected chi connectivity index (χ1v) is 39.9. The summed E-state index contributed by atoms with van der Waals surface area (Å²) in [6, 6.07) is -0.624. The van der Waals surface area contributed by atoms with E-state index in [1.807, 2.05) is 6.08 Å². The molecule has 0 heterocycles. The predicted molar refractivity (Wildman–Crippen MR) is 389 cm³/mol. The fourth-order valence-electron chi connectivity index (χ4n) is 12.5. The van der Waals surface area contributed by atoms with Gasteiger partial charge in [0.25, 0.3) is 0 Å². The van der Waals surface area contributed by atoms with E-state index >= 15 is 0 Å². The number of unbranched alkanes of at least 4 members (excludes halogenated alkanes) is 58. The van der Waals surface area contributed by atoms with Crippen molar-refractivity contribution >= 4 is 11.9 Å². The minimum Gasteiger partial charge on any atom is -0.466 e. The summed E-state index contributed by atoms with van der Waals surface area (Å²) < 4.78 is 5.52. The van der Waals surface area contributed by atoms with E-state index in [1.54, 1.807) is 6.08 Å². The molecule has 0 aliphatic carbocycles. The van der Waals surface area contributed by atoms with Gasteiger partial charge in [0.05, 0.1) is 25.4 Å². The van der Waals surface area contributed by atoms with E-state index in [4.69, 9.17) is 4.74 Å². The van der Waals surface area contributed by atoms with Gasteiger partial charge in [0, 0.05) is 12.8 Å². The first-order chi connectivity index (χ1) is 43.5. The van der Waals surface area contributed by atoms with E-state index in [1.165, 1.54) is 366 Å². The predicted octanol–water partition coefficient (Wildman–Crippen LogP) is 26.4. The monoisotopic (exact) mass is 1230 g/mol. The van der Waals surface area contributed by atoms with Gasteiger partial charge in [-0.3, -0.25) is 9.59 Å². The number of ether oxygens (including phenoxy) is 1. The molecule has 0 aliphatic heterocycles. The first kappa shape index (κ1) is 85.8. The third kappa shape index (κ3) is 72.9. The van der Waals surface area contributed by atoms with Crippen LogP contribution in [-0.2, 0) is 14.3 Å². The maximum atomic E-state index is 12.5. The minimum absolute atomic E-state index is 0.0189. The van der Waals surface area contributed by atoms with E-state index in [0.717, 1.165) is 44.9 Å². The summed E-state index contributed by atoms with van der Waals surface area (Å²) in [5.74, 6) is -0.0432. The third-order valence-electron chi connectivity index (χ3n) is 18.6. The van der Waals surface area contributed by atoms with Crippen LogP contribution in [0.3, 0.4) is 0 Å². The molecule has 0 saturated heterocycles. The van der Waals surface area contributed by atoms with Crippen LogP contribution >= 0.6 is 0 Å². The molecule has 0 saturated carbocycles. The quantitative estimate of drug-likeness (QED) is 0.0320. The molecule has 0 aromatic heterocycles. The molecule has 88 heavy (non-hydrogen) atoms. The smallest absolute Gasteiger partial charge is 0.305 e. The SMILES string of the molecule is CCCCC/C=C\C/C=C\CCCCCCCCCCCC(=O)OCCCCCCCCCCCCCCCCCCCC/C=C\CCCCCCCCCCCCCCCCCCCC(=O)NC(CO)C(O)/C=C/CCCCCCCCCCCCC. The van der Waals surface area contributed by atoms with Gasteiger partial charge >= 0.3 is 5.97 Å². The summed E-state index contributed by atoms with van der Waals surface area (Å²) in [7, 11) is 0. The van der Waals surface area contributed by atoms with Crippen molar-refractivity contribution in [2.24, 2.45) is 0 Å². The second kappa shape index (κ2) is 77.3. The van der Waals surface area contributed by atoms with Crippen LogP contribution in [0.5, 0.6) is 0 Å². The van der Waals surface area contributed by atoms with E-state index in [2.05, 4.69) is 55.6 Å². The van der Waals surface area contributed by atoms with Gasteiger partial charge in [-0.05, 0) is 89.9 Å². The number of nitrogens with one attached hydrogen (secondary N) is 1. The zero-order valence-corrected chi connectivity index (χ0v) is 59.5. The standard InChI is InChI=1S/C82H155NO5/c1-3-5-7-9-11-13-15-17-18-19-41-45-48-52-56-60-64-68-72-76-82(87)88-77-73-69-65-61-57-53-49-46-43-40-38-36-34-32-30-28-26-24-22-20-21-23-25-27-29-31-33-35-37-39-42-44-47-51-55-59-63-67-71-75-81(86)83-79(78-84)80(85)74-70-66-62-58-54-50-16-14-12-10-8-6-4-2/h11,13,17-18,20-21,70,74,79-80,84-85H,3-10,12,14-16,19,22-69,71-73,75-78H2,1-2H3,(H,83,86)/b13-11-,18-17-,21-20-,74-70+. The highest BCUT2D eigenvalue weighted by atomic mass is 16.5. The van der Waals surface area contributed by atoms with Crippen molar-refractivity contribution in [2.75, 3.05) is 13.2 Å². The fraction of sp³-hybridized carbons (Fsp3) is 0.878. The molecule has 0 bridgehead atoms. The summed E-state index contributed by atoms with van der Waals surface area (Å²) >= 11 is 0. The summed E-state index contributed by atoms with van der Waals surface area (Å²) in [5, 5.41) is 23.1. The molecule has 0 fully saturated rings. The largest absolute Gasteiger partial charge is 0.466 e. The van der Waals surface area contributed by atoms with Crippen molar-refractivity contribution in [3.63, 3.8) is 0 Å². The summed E-state index contributed by atoms with van der Waals surface area (Å²) in [4.78, 5) is 24.6. The second-order valence-electron chi connectivity index (χ2n) is 27.4. The highest BCUT2D eigenvalue weighted by Crippen LogP contribution is 2.19. The van der Waals surface area contributed by atoms with Crippen molar-refractivity contribution < 1.29 is 24.5 Å². The maximum Gasteiger partial charge on any atom is 0.305 e. The minimum atomic E-state index is -0.841. The lowest BCUT2D eigenvalue weighted by atomic mass is 10.0. The number of carbonyl (C=O) groups excluding carboxylic acids is 2. The van der Waals surface area contributed by atoms with Gasteiger partial charge in [0.1, 0.15) is 0 Å². The van der Waals surface area contributed by atoms with Crippen molar-refractivity contribution in [3.8, 4) is 0 Å². The molecule has 0 aromatic carbocycles. The number of aliphatic hydroxyl groups excluding tert-OH is 2. The number of esters is 1. The summed E-state index contributed by atoms with van der Waals surface area (Å²) in [5.41, 5.74) is 0. The molecule has 2 unspecified atom stereocenters. The number of amides is 1. The topological polar surface area (TPSA) is 95.9 Å². The average molecular weight is 1240 g/mol. The highest BCUT2D eigenvalue weighted by molar-refractivity contribution is 5.76. The van der Waals surface area contributed by atoms with Crippen LogP contribution in [0, 0.1) is 0 Å². The molecular formula is C82H155NO5. The molecular weight excluding hydrogens is 1080 g/mol. The van der Waals surface area contributed by atoms with Crippen LogP contribution in [0.4, 0.5) is 0 Å². The van der Waals surface area contributed by atoms with Crippen LogP contribution < -0.4 is 5.32 Å². The lowest BCUT2D eigenvalue weighted by molar-refractivity contribution is -0.143. The Bertz CT molecular complexity index is 1470. The van der Waals surface area contributed by atoms with Crippen LogP contribution in [0.1, 0.15) is 438 Å². The number of allylic oxidation sites excluding steroid dienone is 7. The van der Waals surface area contributed by atoms with Crippen LogP contribution in [0.15, 0.2) is 48.6 Å². The number of hydrogen-bond donors (Lipinski definition) is 3. The van der Waals surface area contributed by atoms with E-state index in [9.17, 15) is 19.8 Å². The molecule has 0 aliphatic rings. The summed E-state index contributed by atoms with van der Waals surface area (Å²) in [6.45, 7) is 4.91. The Morgan fingerprint density at radius 1 is 0.318 bits per heavy atom. The number of aliphatic hydroxyl groups is 2. The molecule has 0 spiro atoms. The van der Waals surface area contributed by atoms with E-state index < -0.39 is 12.1 Å². The van der Waals surface area contributed by atoms with Gasteiger partial charge in [-0.25, -0.2) is 0 Å². The Balaban J connectivity index is 3.32. The van der Waals surface area contributed by atoms with Gasteiger partial charge in [-0.15, -0.1) is 0 Å². The first-order valence-electron chi connectivity index (χ1n) is 39.9. The zero-order valence-electron chi connectivity index (χ0n) is 59.5. The molecule has 0 rings (SSSR count). The van der Waals surface area contributed by atoms with Gasteiger partial charge in [-0.2, -0.15) is 0 Å². The lowest BCUT2D eigenvalue weighted by Gasteiger charge is -2.20. The number of hydrogen-bond acceptors (Lipinski definition) is 5. The normalized spacial score (nSPS) is 12.7. The van der Waals surface area contributed by atoms with Gasteiger partial charge < -0.3 is 20.3 Å². The Morgan fingerprint density at radius 2 is 0.568 bits per heavy atom. The molecule has 518 valence electrons. The van der Waals surface area contributed by atoms with E-state index in [-0.39, 0.29) is 18.5 Å². The molecule has 6 heteroatoms. The Hall–Kier alpha value is -2.18. The van der Waals surface area contributed by atoms with Crippen molar-refractivity contribution in [1.29, 1.82) is 0 Å². The number of carbonyl (C=O) groups is 2. The molecule has 6 nitrogen and oxygen atoms in total. The third-order valence-corrected chi connectivity index (χ3v) is 18.6. The van der Waals surface area contributed by atoms with Crippen LogP contribution in [0.2, 0.25) is 0 Å². The summed E-state index contributed by atoms with van der Waals surface area (Å²) in [6.07, 6.45) is 102. The Labute approximate surface area is 550 Å². The van der Waals surface area contributed by atoms with Crippen LogP contribution in [-0.4, -0.2) is 47.4 Å². The van der Waals surface area contributed by atoms with Crippen molar-refractivity contribution in [1.82, 2.24) is 5.32 Å². The van der Waals surface area contributed by atoms with Gasteiger partial charge in [0.15, 0.2) is 0 Å². The maximum absolute atomic E-state index is 12.5.